The molecule has 0 radical (unpaired) electrons. The standard InChI is InChI=1S/C24H34O2Si/c1-15-11-16-12-18(25-3)7-8-19(16)20-9-10-23(2)21(22(15)20)13-17-14-24(17,23)26-27(4,5)6/h7-8,12-13,15,17,20,22H,9-11,14H2,1-6H3/t15?,17?,20-,22-,23+,24?/m1/s1. The topological polar surface area (TPSA) is 18.5 Å². The Morgan fingerprint density at radius 1 is 1.19 bits per heavy atom. The lowest BCUT2D eigenvalue weighted by atomic mass is 9.54. The van der Waals surface area contributed by atoms with E-state index in [2.05, 4.69) is 57.8 Å². The molecular weight excluding hydrogens is 348 g/mol. The lowest BCUT2D eigenvalue weighted by Crippen LogP contribution is -2.49. The van der Waals surface area contributed by atoms with Crippen molar-refractivity contribution in [2.24, 2.45) is 23.2 Å². The Hall–Kier alpha value is -1.06. The second-order valence-electron chi connectivity index (χ2n) is 10.8. The molecule has 27 heavy (non-hydrogen) atoms. The molecule has 4 aliphatic carbocycles. The highest BCUT2D eigenvalue weighted by Crippen LogP contribution is 2.74. The van der Waals surface area contributed by atoms with Crippen LogP contribution in [0.25, 0.3) is 0 Å². The average Bonchev–Trinajstić information content (AvgIpc) is 3.22. The minimum absolute atomic E-state index is 0.137. The molecule has 0 N–H and O–H groups in total. The van der Waals surface area contributed by atoms with E-state index in [-0.39, 0.29) is 11.0 Å². The molecule has 0 spiro atoms. The molecule has 4 aliphatic rings. The third-order valence-electron chi connectivity index (χ3n) is 8.05. The number of ether oxygens (including phenoxy) is 1. The fourth-order valence-corrected chi connectivity index (χ4v) is 8.52. The van der Waals surface area contributed by atoms with Gasteiger partial charge >= 0.3 is 0 Å². The monoisotopic (exact) mass is 382 g/mol. The Morgan fingerprint density at radius 3 is 2.67 bits per heavy atom. The Bertz CT molecular complexity index is 822. The maximum absolute atomic E-state index is 6.92. The second-order valence-corrected chi connectivity index (χ2v) is 15.2. The van der Waals surface area contributed by atoms with Crippen molar-refractivity contribution in [3.63, 3.8) is 0 Å². The van der Waals surface area contributed by atoms with Gasteiger partial charge in [-0.2, -0.15) is 0 Å². The van der Waals surface area contributed by atoms with Crippen molar-refractivity contribution >= 4 is 8.32 Å². The van der Waals surface area contributed by atoms with Gasteiger partial charge in [0, 0.05) is 11.3 Å². The molecule has 1 aromatic rings. The Balaban J connectivity index is 1.52. The highest BCUT2D eigenvalue weighted by Gasteiger charge is 2.72. The number of benzene rings is 1. The summed E-state index contributed by atoms with van der Waals surface area (Å²) in [5.41, 5.74) is 5.25. The lowest BCUT2D eigenvalue weighted by Gasteiger charge is -2.52. The second kappa shape index (κ2) is 5.51. The third kappa shape index (κ3) is 2.40. The van der Waals surface area contributed by atoms with Gasteiger partial charge in [-0.3, -0.25) is 0 Å². The molecule has 2 saturated carbocycles. The van der Waals surface area contributed by atoms with Crippen molar-refractivity contribution in [2.75, 3.05) is 7.11 Å². The molecule has 1 aromatic carbocycles. The van der Waals surface area contributed by atoms with Crippen LogP contribution in [0.5, 0.6) is 5.75 Å². The summed E-state index contributed by atoms with van der Waals surface area (Å²) in [7, 11) is 0.222. The molecule has 0 aromatic heterocycles. The van der Waals surface area contributed by atoms with Gasteiger partial charge in [-0.25, -0.2) is 0 Å². The first kappa shape index (κ1) is 18.0. The Labute approximate surface area is 165 Å². The zero-order valence-electron chi connectivity index (χ0n) is 17.8. The van der Waals surface area contributed by atoms with Gasteiger partial charge in [0.15, 0.2) is 8.32 Å². The van der Waals surface area contributed by atoms with E-state index < -0.39 is 8.32 Å². The van der Waals surface area contributed by atoms with Crippen LogP contribution in [-0.2, 0) is 10.8 Å². The van der Waals surface area contributed by atoms with E-state index in [1.54, 1.807) is 18.2 Å². The van der Waals surface area contributed by atoms with Gasteiger partial charge in [0.1, 0.15) is 5.75 Å². The molecule has 5 rings (SSSR count). The maximum atomic E-state index is 6.92. The summed E-state index contributed by atoms with van der Waals surface area (Å²) < 4.78 is 12.4. The number of methoxy groups -OCH3 is 1. The van der Waals surface area contributed by atoms with Gasteiger partial charge in [-0.15, -0.1) is 0 Å². The van der Waals surface area contributed by atoms with E-state index in [9.17, 15) is 0 Å². The van der Waals surface area contributed by atoms with Crippen molar-refractivity contribution in [1.29, 1.82) is 0 Å². The normalized spacial score (nSPS) is 41.8. The fraction of sp³-hybridized carbons (Fsp3) is 0.667. The summed E-state index contributed by atoms with van der Waals surface area (Å²) in [6.07, 6.45) is 7.68. The van der Waals surface area contributed by atoms with Gasteiger partial charge in [0.25, 0.3) is 0 Å². The van der Waals surface area contributed by atoms with Crippen LogP contribution >= 0.6 is 0 Å². The molecule has 0 aliphatic heterocycles. The quantitative estimate of drug-likeness (QED) is 0.476. The summed E-state index contributed by atoms with van der Waals surface area (Å²) in [6.45, 7) is 12.1. The van der Waals surface area contributed by atoms with E-state index >= 15 is 0 Å². The fourth-order valence-electron chi connectivity index (χ4n) is 6.97. The molecule has 0 bridgehead atoms. The van der Waals surface area contributed by atoms with Gasteiger partial charge in [0.2, 0.25) is 0 Å². The van der Waals surface area contributed by atoms with E-state index in [0.29, 0.717) is 23.7 Å². The van der Waals surface area contributed by atoms with Crippen molar-refractivity contribution in [3.05, 3.63) is 41.0 Å². The molecule has 146 valence electrons. The number of fused-ring (bicyclic) bond motifs is 7. The van der Waals surface area contributed by atoms with Crippen LogP contribution in [-0.4, -0.2) is 21.0 Å². The summed E-state index contributed by atoms with van der Waals surface area (Å²) >= 11 is 0. The predicted octanol–water partition coefficient (Wildman–Crippen LogP) is 5.94. The summed E-state index contributed by atoms with van der Waals surface area (Å²) in [5, 5.41) is 0. The number of hydrogen-bond acceptors (Lipinski definition) is 2. The van der Waals surface area contributed by atoms with E-state index in [1.165, 1.54) is 31.2 Å². The Morgan fingerprint density at radius 2 is 1.96 bits per heavy atom. The Kier molecular flexibility index (Phi) is 3.67. The molecule has 2 nitrogen and oxygen atoms in total. The van der Waals surface area contributed by atoms with E-state index in [1.807, 2.05) is 0 Å². The molecular formula is C24H34O2Si. The minimum Gasteiger partial charge on any atom is -0.497 e. The molecule has 3 heteroatoms. The van der Waals surface area contributed by atoms with Crippen LogP contribution in [0.1, 0.15) is 50.2 Å². The van der Waals surface area contributed by atoms with Crippen molar-refractivity contribution in [1.82, 2.24) is 0 Å². The largest absolute Gasteiger partial charge is 0.497 e. The van der Waals surface area contributed by atoms with Gasteiger partial charge in [-0.05, 0) is 86.3 Å². The van der Waals surface area contributed by atoms with Crippen LogP contribution < -0.4 is 4.74 Å². The van der Waals surface area contributed by atoms with Crippen LogP contribution in [0, 0.1) is 23.2 Å². The SMILES string of the molecule is COc1ccc2c(c1)CC(C)[C@H]1C3=CC4CC4(O[Si](C)(C)C)[C@@]3(C)CC[C@H]21. The highest BCUT2D eigenvalue weighted by molar-refractivity contribution is 6.69. The highest BCUT2D eigenvalue weighted by atomic mass is 28.4. The molecule has 2 fully saturated rings. The third-order valence-corrected chi connectivity index (χ3v) is 9.03. The summed E-state index contributed by atoms with van der Waals surface area (Å²) in [5.74, 6) is 3.74. The number of hydrogen-bond donors (Lipinski definition) is 0. The average molecular weight is 383 g/mol. The zero-order valence-corrected chi connectivity index (χ0v) is 18.8. The van der Waals surface area contributed by atoms with E-state index in [4.69, 9.17) is 9.16 Å². The van der Waals surface area contributed by atoms with Crippen LogP contribution in [0.2, 0.25) is 19.6 Å². The lowest BCUT2D eigenvalue weighted by molar-refractivity contribution is 0.0193. The number of rotatable bonds is 3. The predicted molar refractivity (Wildman–Crippen MR) is 113 cm³/mol. The first-order chi connectivity index (χ1) is 12.7. The zero-order chi connectivity index (χ0) is 19.2. The van der Waals surface area contributed by atoms with Crippen molar-refractivity contribution in [2.45, 2.75) is 70.7 Å². The molecule has 3 unspecified atom stereocenters. The van der Waals surface area contributed by atoms with Crippen molar-refractivity contribution in [3.8, 4) is 5.75 Å². The first-order valence-corrected chi connectivity index (χ1v) is 14.2. The van der Waals surface area contributed by atoms with Crippen molar-refractivity contribution < 1.29 is 9.16 Å². The van der Waals surface area contributed by atoms with Crippen LogP contribution in [0.3, 0.4) is 0 Å². The van der Waals surface area contributed by atoms with Crippen LogP contribution in [0.15, 0.2) is 29.8 Å². The maximum Gasteiger partial charge on any atom is 0.184 e. The van der Waals surface area contributed by atoms with Gasteiger partial charge in [-0.1, -0.05) is 31.6 Å². The van der Waals surface area contributed by atoms with E-state index in [0.717, 1.165) is 5.75 Å². The van der Waals surface area contributed by atoms with Gasteiger partial charge < -0.3 is 9.16 Å². The first-order valence-electron chi connectivity index (χ1n) is 10.8. The molecule has 0 heterocycles. The van der Waals surface area contributed by atoms with Gasteiger partial charge in [0.05, 0.1) is 12.7 Å². The molecule has 0 amide bonds. The minimum atomic E-state index is -1.55. The summed E-state index contributed by atoms with van der Waals surface area (Å²) in [6, 6.07) is 6.80. The summed E-state index contributed by atoms with van der Waals surface area (Å²) in [4.78, 5) is 0. The smallest absolute Gasteiger partial charge is 0.184 e. The molecule has 0 saturated heterocycles. The molecule has 6 atom stereocenters. The van der Waals surface area contributed by atoms with Crippen LogP contribution in [0.4, 0.5) is 0 Å².